The van der Waals surface area contributed by atoms with E-state index in [1.807, 2.05) is 0 Å². The maximum absolute atomic E-state index is 12.0. The molecule has 1 aliphatic carbocycles. The Labute approximate surface area is 133 Å². The van der Waals surface area contributed by atoms with Gasteiger partial charge in [0.1, 0.15) is 11.5 Å². The zero-order valence-corrected chi connectivity index (χ0v) is 12.7. The van der Waals surface area contributed by atoms with Crippen molar-refractivity contribution in [3.05, 3.63) is 24.3 Å². The predicted octanol–water partition coefficient (Wildman–Crippen LogP) is 1.55. The summed E-state index contributed by atoms with van der Waals surface area (Å²) in [6, 6.07) is 6.58. The van der Waals surface area contributed by atoms with Gasteiger partial charge in [-0.1, -0.05) is 0 Å². The number of esters is 1. The molecular weight excluding hydrogens is 298 g/mol. The topological polar surface area (TPSA) is 88.1 Å². The van der Waals surface area contributed by atoms with Gasteiger partial charge in [0.2, 0.25) is 11.8 Å². The van der Waals surface area contributed by atoms with Crippen molar-refractivity contribution in [1.29, 1.82) is 0 Å². The Hall–Kier alpha value is -2.70. The molecule has 1 fully saturated rings. The summed E-state index contributed by atoms with van der Waals surface area (Å²) in [6.45, 7) is 0. The summed E-state index contributed by atoms with van der Waals surface area (Å²) < 4.78 is 5.24. The minimum absolute atomic E-state index is 0.0269. The van der Waals surface area contributed by atoms with Crippen LogP contribution in [-0.2, 0) is 14.4 Å². The molecule has 23 heavy (non-hydrogen) atoms. The van der Waals surface area contributed by atoms with Crippen LogP contribution in [0.25, 0.3) is 0 Å². The van der Waals surface area contributed by atoms with E-state index in [0.29, 0.717) is 11.4 Å². The SMILES string of the molecule is CN1N=C(C(=O)Oc2ccc(NC(=O)C3CC3)cc2)CCC1=O. The Bertz CT molecular complexity index is 677. The number of amides is 2. The number of anilines is 1. The van der Waals surface area contributed by atoms with Gasteiger partial charge in [-0.15, -0.1) is 0 Å². The Morgan fingerprint density at radius 2 is 1.91 bits per heavy atom. The highest BCUT2D eigenvalue weighted by atomic mass is 16.5. The van der Waals surface area contributed by atoms with Crippen molar-refractivity contribution in [2.75, 3.05) is 12.4 Å². The molecule has 0 aromatic heterocycles. The molecule has 7 heteroatoms. The molecule has 2 aliphatic rings. The van der Waals surface area contributed by atoms with Crippen molar-refractivity contribution in [3.63, 3.8) is 0 Å². The summed E-state index contributed by atoms with van der Waals surface area (Å²) in [7, 11) is 1.51. The zero-order valence-electron chi connectivity index (χ0n) is 12.7. The van der Waals surface area contributed by atoms with Gasteiger partial charge in [-0.05, 0) is 37.1 Å². The molecule has 2 amide bonds. The van der Waals surface area contributed by atoms with Gasteiger partial charge < -0.3 is 10.1 Å². The lowest BCUT2D eigenvalue weighted by molar-refractivity contribution is -0.131. The van der Waals surface area contributed by atoms with Gasteiger partial charge in [0, 0.05) is 31.5 Å². The lowest BCUT2D eigenvalue weighted by atomic mass is 10.2. The van der Waals surface area contributed by atoms with Gasteiger partial charge in [-0.2, -0.15) is 5.10 Å². The molecule has 1 aromatic rings. The molecule has 0 atom stereocenters. The van der Waals surface area contributed by atoms with Crippen LogP contribution in [-0.4, -0.2) is 35.6 Å². The maximum atomic E-state index is 12.0. The van der Waals surface area contributed by atoms with Crippen LogP contribution in [0.4, 0.5) is 5.69 Å². The molecule has 3 rings (SSSR count). The number of carbonyl (C=O) groups is 3. The number of hydrazone groups is 1. The Balaban J connectivity index is 1.59. The highest BCUT2D eigenvalue weighted by Gasteiger charge is 2.29. The van der Waals surface area contributed by atoms with Crippen molar-refractivity contribution in [1.82, 2.24) is 5.01 Å². The first-order valence-corrected chi connectivity index (χ1v) is 7.50. The van der Waals surface area contributed by atoms with Crippen molar-refractivity contribution in [2.24, 2.45) is 11.0 Å². The molecule has 0 spiro atoms. The largest absolute Gasteiger partial charge is 0.422 e. The molecule has 1 heterocycles. The van der Waals surface area contributed by atoms with Crippen molar-refractivity contribution >= 4 is 29.2 Å². The summed E-state index contributed by atoms with van der Waals surface area (Å²) in [5, 5.41) is 7.87. The van der Waals surface area contributed by atoms with Crippen LogP contribution >= 0.6 is 0 Å². The molecule has 0 unspecified atom stereocenters. The number of nitrogens with one attached hydrogen (secondary N) is 1. The third-order valence-electron chi connectivity index (χ3n) is 3.72. The third-order valence-corrected chi connectivity index (χ3v) is 3.72. The van der Waals surface area contributed by atoms with Gasteiger partial charge in [0.05, 0.1) is 0 Å². The number of nitrogens with zero attached hydrogens (tertiary/aromatic N) is 2. The molecule has 0 saturated heterocycles. The first-order valence-electron chi connectivity index (χ1n) is 7.50. The van der Waals surface area contributed by atoms with Gasteiger partial charge >= 0.3 is 5.97 Å². The molecule has 1 aliphatic heterocycles. The predicted molar refractivity (Wildman–Crippen MR) is 82.9 cm³/mol. The lowest BCUT2D eigenvalue weighted by Gasteiger charge is -2.18. The lowest BCUT2D eigenvalue weighted by Crippen LogP contribution is -2.33. The average Bonchev–Trinajstić information content (AvgIpc) is 3.36. The van der Waals surface area contributed by atoms with E-state index < -0.39 is 5.97 Å². The number of benzene rings is 1. The highest BCUT2D eigenvalue weighted by Crippen LogP contribution is 2.30. The molecule has 1 aromatic carbocycles. The second-order valence-corrected chi connectivity index (χ2v) is 5.64. The first-order chi connectivity index (χ1) is 11.0. The Morgan fingerprint density at radius 3 is 2.52 bits per heavy atom. The van der Waals surface area contributed by atoms with Crippen molar-refractivity contribution in [3.8, 4) is 5.75 Å². The van der Waals surface area contributed by atoms with Crippen LogP contribution in [0.5, 0.6) is 5.75 Å². The van der Waals surface area contributed by atoms with Crippen LogP contribution in [0.2, 0.25) is 0 Å². The molecule has 0 bridgehead atoms. The molecule has 7 nitrogen and oxygen atoms in total. The highest BCUT2D eigenvalue weighted by molar-refractivity contribution is 6.37. The number of hydrogen-bond donors (Lipinski definition) is 1. The van der Waals surface area contributed by atoms with Gasteiger partial charge in [0.15, 0.2) is 0 Å². The standard InChI is InChI=1S/C16H17N3O4/c1-19-14(20)9-8-13(18-19)16(22)23-12-6-4-11(5-7-12)17-15(21)10-2-3-10/h4-7,10H,2-3,8-9H2,1H3,(H,17,21). The Morgan fingerprint density at radius 1 is 1.22 bits per heavy atom. The molecule has 120 valence electrons. The second kappa shape index (κ2) is 6.20. The van der Waals surface area contributed by atoms with E-state index in [9.17, 15) is 14.4 Å². The fraction of sp³-hybridized carbons (Fsp3) is 0.375. The molecule has 0 radical (unpaired) electrons. The van der Waals surface area contributed by atoms with Crippen LogP contribution in [0.15, 0.2) is 29.4 Å². The summed E-state index contributed by atoms with van der Waals surface area (Å²) >= 11 is 0. The number of carbonyl (C=O) groups excluding carboxylic acids is 3. The zero-order chi connectivity index (χ0) is 16.4. The summed E-state index contributed by atoms with van der Waals surface area (Å²) in [4.78, 5) is 35.0. The second-order valence-electron chi connectivity index (χ2n) is 5.64. The van der Waals surface area contributed by atoms with E-state index >= 15 is 0 Å². The van der Waals surface area contributed by atoms with Crippen LogP contribution in [0, 0.1) is 5.92 Å². The quantitative estimate of drug-likeness (QED) is 0.674. The minimum Gasteiger partial charge on any atom is -0.422 e. The van der Waals surface area contributed by atoms with Gasteiger partial charge in [0.25, 0.3) is 0 Å². The van der Waals surface area contributed by atoms with Crippen LogP contribution < -0.4 is 10.1 Å². The smallest absolute Gasteiger partial charge is 0.359 e. The van der Waals surface area contributed by atoms with E-state index in [1.54, 1.807) is 24.3 Å². The average molecular weight is 315 g/mol. The van der Waals surface area contributed by atoms with E-state index in [4.69, 9.17) is 4.74 Å². The fourth-order valence-electron chi connectivity index (χ4n) is 2.18. The van der Waals surface area contributed by atoms with Crippen molar-refractivity contribution < 1.29 is 19.1 Å². The van der Waals surface area contributed by atoms with E-state index in [1.165, 1.54) is 7.05 Å². The number of ether oxygens (including phenoxy) is 1. The first kappa shape index (κ1) is 15.2. The van der Waals surface area contributed by atoms with E-state index in [2.05, 4.69) is 10.4 Å². The summed E-state index contributed by atoms with van der Waals surface area (Å²) in [5.41, 5.74) is 0.889. The van der Waals surface area contributed by atoms with E-state index in [0.717, 1.165) is 17.9 Å². The summed E-state index contributed by atoms with van der Waals surface area (Å²) in [5.74, 6) is -0.173. The van der Waals surface area contributed by atoms with Crippen molar-refractivity contribution in [2.45, 2.75) is 25.7 Å². The number of rotatable bonds is 4. The normalized spacial score (nSPS) is 17.5. The molecular formula is C16H17N3O4. The Kier molecular flexibility index (Phi) is 4.10. The van der Waals surface area contributed by atoms with Gasteiger partial charge in [-0.3, -0.25) is 9.59 Å². The fourth-order valence-corrected chi connectivity index (χ4v) is 2.18. The minimum atomic E-state index is -0.570. The maximum Gasteiger partial charge on any atom is 0.359 e. The van der Waals surface area contributed by atoms with Crippen LogP contribution in [0.3, 0.4) is 0 Å². The molecule has 1 saturated carbocycles. The molecule has 1 N–H and O–H groups in total. The summed E-state index contributed by atoms with van der Waals surface area (Å²) in [6.07, 6.45) is 2.41. The number of hydrogen-bond acceptors (Lipinski definition) is 5. The van der Waals surface area contributed by atoms with Crippen LogP contribution in [0.1, 0.15) is 25.7 Å². The monoisotopic (exact) mass is 315 g/mol. The van der Waals surface area contributed by atoms with Gasteiger partial charge in [-0.25, -0.2) is 9.80 Å². The third kappa shape index (κ3) is 3.74. The van der Waals surface area contributed by atoms with E-state index in [-0.39, 0.29) is 36.3 Å².